The fraction of sp³-hybridized carbons (Fsp3) is 0.500. The standard InChI is InChI=1S/C14H18O3.C12H14O2/c1-2-4-12(5-3-1)10-15-11-13-8-14(9-13)16-6-7-17-14;13-12-6-11(7-12)9-14-8-10-4-2-1-3-5-10/h1-5,13H,6-11H2;1-5,11H,6-9H2. The van der Waals surface area contributed by atoms with Crippen LogP contribution >= 0.6 is 0 Å². The maximum atomic E-state index is 10.7. The molecule has 2 saturated carbocycles. The van der Waals surface area contributed by atoms with Gasteiger partial charge < -0.3 is 18.9 Å². The van der Waals surface area contributed by atoms with Crippen molar-refractivity contribution in [3.63, 3.8) is 0 Å². The Morgan fingerprint density at radius 1 is 0.742 bits per heavy atom. The van der Waals surface area contributed by atoms with E-state index < -0.39 is 0 Å². The Morgan fingerprint density at radius 3 is 1.71 bits per heavy atom. The monoisotopic (exact) mass is 424 g/mol. The van der Waals surface area contributed by atoms with Crippen LogP contribution in [0.5, 0.6) is 0 Å². The summed E-state index contributed by atoms with van der Waals surface area (Å²) in [6, 6.07) is 20.4. The highest BCUT2D eigenvalue weighted by Crippen LogP contribution is 2.44. The number of Topliss-reactive ketones (excluding diaryl/α,β-unsaturated/α-hetero) is 1. The quantitative estimate of drug-likeness (QED) is 0.623. The molecule has 3 fully saturated rings. The van der Waals surface area contributed by atoms with Gasteiger partial charge in [0, 0.05) is 25.7 Å². The molecule has 0 radical (unpaired) electrons. The number of ketones is 1. The van der Waals surface area contributed by atoms with Crippen molar-refractivity contribution in [2.45, 2.75) is 44.7 Å². The molecular formula is C26H32O5. The third-order valence-corrected chi connectivity index (χ3v) is 5.98. The van der Waals surface area contributed by atoms with Crippen molar-refractivity contribution in [1.82, 2.24) is 0 Å². The van der Waals surface area contributed by atoms with Gasteiger partial charge in [0.25, 0.3) is 0 Å². The molecule has 5 rings (SSSR count). The van der Waals surface area contributed by atoms with E-state index in [4.69, 9.17) is 18.9 Å². The minimum Gasteiger partial charge on any atom is -0.376 e. The molecule has 0 aromatic heterocycles. The summed E-state index contributed by atoms with van der Waals surface area (Å²) in [4.78, 5) is 10.7. The molecule has 31 heavy (non-hydrogen) atoms. The van der Waals surface area contributed by atoms with Crippen LogP contribution in [0.25, 0.3) is 0 Å². The molecule has 0 amide bonds. The van der Waals surface area contributed by atoms with Crippen LogP contribution in [0, 0.1) is 11.8 Å². The predicted molar refractivity (Wildman–Crippen MR) is 117 cm³/mol. The molecule has 2 aromatic carbocycles. The minimum absolute atomic E-state index is 0.235. The number of rotatable bonds is 8. The van der Waals surface area contributed by atoms with E-state index in [1.54, 1.807) is 0 Å². The van der Waals surface area contributed by atoms with Gasteiger partial charge in [0.1, 0.15) is 5.78 Å². The fourth-order valence-electron chi connectivity index (χ4n) is 4.21. The molecule has 1 spiro atoms. The van der Waals surface area contributed by atoms with Crippen molar-refractivity contribution in [3.8, 4) is 0 Å². The van der Waals surface area contributed by atoms with Gasteiger partial charge in [-0.1, -0.05) is 60.7 Å². The first-order chi connectivity index (χ1) is 15.2. The number of hydrogen-bond acceptors (Lipinski definition) is 5. The van der Waals surface area contributed by atoms with Crippen LogP contribution in [0.3, 0.4) is 0 Å². The van der Waals surface area contributed by atoms with E-state index in [2.05, 4.69) is 12.1 Å². The number of hydrogen-bond donors (Lipinski definition) is 0. The molecule has 0 unspecified atom stereocenters. The van der Waals surface area contributed by atoms with E-state index >= 15 is 0 Å². The average molecular weight is 425 g/mol. The lowest BCUT2D eigenvalue weighted by Gasteiger charge is -2.42. The molecule has 2 aliphatic carbocycles. The van der Waals surface area contributed by atoms with Crippen LogP contribution in [0.1, 0.15) is 36.8 Å². The molecule has 0 atom stereocenters. The first-order valence-electron chi connectivity index (χ1n) is 11.2. The topological polar surface area (TPSA) is 54.0 Å². The van der Waals surface area contributed by atoms with E-state index in [9.17, 15) is 4.79 Å². The van der Waals surface area contributed by atoms with Crippen molar-refractivity contribution in [3.05, 3.63) is 71.8 Å². The molecule has 3 aliphatic rings. The highest BCUT2D eigenvalue weighted by atomic mass is 16.7. The Balaban J connectivity index is 0.000000152. The highest BCUT2D eigenvalue weighted by Gasteiger charge is 2.48. The highest BCUT2D eigenvalue weighted by molar-refractivity contribution is 5.84. The van der Waals surface area contributed by atoms with Gasteiger partial charge in [-0.3, -0.25) is 4.79 Å². The summed E-state index contributed by atoms with van der Waals surface area (Å²) < 4.78 is 22.4. The summed E-state index contributed by atoms with van der Waals surface area (Å²) in [6.07, 6.45) is 3.41. The zero-order valence-electron chi connectivity index (χ0n) is 18.0. The van der Waals surface area contributed by atoms with Crippen molar-refractivity contribution in [2.24, 2.45) is 11.8 Å². The largest absolute Gasteiger partial charge is 0.376 e. The molecule has 1 heterocycles. The first-order valence-corrected chi connectivity index (χ1v) is 11.2. The average Bonchev–Trinajstić information content (AvgIpc) is 3.24. The van der Waals surface area contributed by atoms with E-state index in [1.165, 1.54) is 11.1 Å². The number of carbonyl (C=O) groups excluding carboxylic acids is 1. The van der Waals surface area contributed by atoms with Crippen molar-refractivity contribution < 1.29 is 23.7 Å². The summed E-state index contributed by atoms with van der Waals surface area (Å²) in [6.45, 7) is 4.39. The van der Waals surface area contributed by atoms with Crippen molar-refractivity contribution >= 4 is 5.78 Å². The summed E-state index contributed by atoms with van der Waals surface area (Å²) in [7, 11) is 0. The third kappa shape index (κ3) is 6.71. The lowest BCUT2D eigenvalue weighted by Crippen LogP contribution is -2.46. The molecule has 166 valence electrons. The zero-order valence-corrected chi connectivity index (χ0v) is 18.0. The maximum Gasteiger partial charge on any atom is 0.169 e. The summed E-state index contributed by atoms with van der Waals surface area (Å²) in [5, 5.41) is 0. The molecule has 1 saturated heterocycles. The Kier molecular flexibility index (Phi) is 7.86. The van der Waals surface area contributed by atoms with E-state index in [-0.39, 0.29) is 5.79 Å². The van der Waals surface area contributed by atoms with Crippen molar-refractivity contribution in [2.75, 3.05) is 26.4 Å². The predicted octanol–water partition coefficient (Wildman–Crippen LogP) is 4.54. The van der Waals surface area contributed by atoms with Crippen LogP contribution < -0.4 is 0 Å². The maximum absolute atomic E-state index is 10.7. The van der Waals surface area contributed by atoms with Gasteiger partial charge in [-0.15, -0.1) is 0 Å². The van der Waals surface area contributed by atoms with Gasteiger partial charge in [-0.05, 0) is 23.0 Å². The fourth-order valence-corrected chi connectivity index (χ4v) is 4.21. The molecule has 5 nitrogen and oxygen atoms in total. The van der Waals surface area contributed by atoms with E-state index in [1.807, 2.05) is 48.5 Å². The van der Waals surface area contributed by atoms with E-state index in [0.29, 0.717) is 30.8 Å². The summed E-state index contributed by atoms with van der Waals surface area (Å²) in [5.41, 5.74) is 2.42. The van der Waals surface area contributed by atoms with Gasteiger partial charge >= 0.3 is 0 Å². The van der Waals surface area contributed by atoms with Crippen LogP contribution in [0.2, 0.25) is 0 Å². The Labute approximate surface area is 184 Å². The first kappa shape index (κ1) is 22.2. The summed E-state index contributed by atoms with van der Waals surface area (Å²) >= 11 is 0. The van der Waals surface area contributed by atoms with Crippen molar-refractivity contribution in [1.29, 1.82) is 0 Å². The van der Waals surface area contributed by atoms with Gasteiger partial charge in [-0.2, -0.15) is 0 Å². The normalized spacial score (nSPS) is 20.1. The molecular weight excluding hydrogens is 392 g/mol. The molecule has 5 heteroatoms. The van der Waals surface area contributed by atoms with Crippen LogP contribution in [0.15, 0.2) is 60.7 Å². The lowest BCUT2D eigenvalue weighted by molar-refractivity contribution is -0.237. The minimum atomic E-state index is -0.235. The Morgan fingerprint density at radius 2 is 1.23 bits per heavy atom. The van der Waals surface area contributed by atoms with Crippen LogP contribution in [0.4, 0.5) is 0 Å². The van der Waals surface area contributed by atoms with Gasteiger partial charge in [0.15, 0.2) is 5.79 Å². The molecule has 0 N–H and O–H groups in total. The van der Waals surface area contributed by atoms with Crippen LogP contribution in [-0.4, -0.2) is 38.0 Å². The number of carbonyl (C=O) groups is 1. The van der Waals surface area contributed by atoms with Crippen LogP contribution in [-0.2, 0) is 37.0 Å². The molecule has 2 aromatic rings. The number of benzene rings is 2. The smallest absolute Gasteiger partial charge is 0.169 e. The molecule has 0 bridgehead atoms. The second-order valence-electron chi connectivity index (χ2n) is 8.70. The second kappa shape index (κ2) is 11.0. The lowest BCUT2D eigenvalue weighted by atomic mass is 9.79. The SMILES string of the molecule is O=C1CC(COCc2ccccc2)C1.c1ccc(COCC2CC3(C2)OCCO3)cc1. The van der Waals surface area contributed by atoms with Gasteiger partial charge in [-0.25, -0.2) is 0 Å². The third-order valence-electron chi connectivity index (χ3n) is 5.98. The van der Waals surface area contributed by atoms with Gasteiger partial charge in [0.2, 0.25) is 0 Å². The zero-order chi connectivity index (χ0) is 21.4. The Bertz CT molecular complexity index is 785. The van der Waals surface area contributed by atoms with Gasteiger partial charge in [0.05, 0.1) is 39.6 Å². The molecule has 1 aliphatic heterocycles. The number of ether oxygens (including phenoxy) is 4. The Hall–Kier alpha value is -2.05. The summed E-state index contributed by atoms with van der Waals surface area (Å²) in [5.74, 6) is 1.21. The van der Waals surface area contributed by atoms with E-state index in [0.717, 1.165) is 52.1 Å². The second-order valence-corrected chi connectivity index (χ2v) is 8.70.